The van der Waals surface area contributed by atoms with Gasteiger partial charge in [0, 0.05) is 53.5 Å². The molecule has 0 radical (unpaired) electrons. The standard InChI is InChI=1S/C49H59ClN8O7S2/c1-48(2,3)64-46(61)54-23-8-7-13-39(56-47(62)65-49(4,5)6)43(60)53-24-22-40(59)63-27-11-12-32-14-16-33(17-15-32)41-37(28-51)42(58-25-9-10-26-58)57-45(38(41)29-52)67-31-36-30-66-44(55-36)34-18-20-35(50)21-19-34/h14-21,30,39H,7-13,22-27,31H2,1-6H3,(H,53,60)(H,54,61)(H,56,62)/t39-/m0/s1. The number of aromatic nitrogens is 2. The van der Waals surface area contributed by atoms with Crippen molar-refractivity contribution in [2.45, 2.75) is 121 Å². The highest BCUT2D eigenvalue weighted by molar-refractivity contribution is 7.98. The lowest BCUT2D eigenvalue weighted by atomic mass is 9.95. The molecule has 0 aliphatic carbocycles. The Morgan fingerprint density at radius 1 is 0.836 bits per heavy atom. The fourth-order valence-electron chi connectivity index (χ4n) is 7.03. The summed E-state index contributed by atoms with van der Waals surface area (Å²) in [4.78, 5) is 62.1. The minimum atomic E-state index is -0.923. The predicted molar refractivity (Wildman–Crippen MR) is 261 cm³/mol. The van der Waals surface area contributed by atoms with Crippen LogP contribution in [0.1, 0.15) is 109 Å². The number of anilines is 1. The smallest absolute Gasteiger partial charge is 0.408 e. The van der Waals surface area contributed by atoms with E-state index in [9.17, 15) is 29.7 Å². The number of esters is 1. The van der Waals surface area contributed by atoms with Gasteiger partial charge in [-0.05, 0) is 110 Å². The summed E-state index contributed by atoms with van der Waals surface area (Å²) in [7, 11) is 0. The monoisotopic (exact) mass is 970 g/mol. The quantitative estimate of drug-likeness (QED) is 0.0327. The maximum Gasteiger partial charge on any atom is 0.408 e. The number of rotatable bonds is 20. The first-order chi connectivity index (χ1) is 31.9. The zero-order chi connectivity index (χ0) is 48.6. The van der Waals surface area contributed by atoms with Crippen molar-refractivity contribution < 1.29 is 33.4 Å². The molecule has 15 nitrogen and oxygen atoms in total. The number of pyridine rings is 1. The van der Waals surface area contributed by atoms with Crippen LogP contribution in [-0.2, 0) is 36.0 Å². The van der Waals surface area contributed by atoms with Crippen LogP contribution in [0, 0.1) is 22.7 Å². The molecule has 356 valence electrons. The number of nitrogens with zero attached hydrogens (tertiary/aromatic N) is 5. The number of aryl methyl sites for hydroxylation is 1. The SMILES string of the molecule is CC(C)(C)OC(=O)NCCCC[C@H](NC(=O)OC(C)(C)C)C(=O)NCCC(=O)OCCCc1ccc(-c2c(C#N)c(SCc3csc(-c4ccc(Cl)cc4)n3)nc(N3CCCC3)c2C#N)cc1. The Morgan fingerprint density at radius 3 is 2.15 bits per heavy atom. The number of carbonyl (C=O) groups is 4. The van der Waals surface area contributed by atoms with Gasteiger partial charge in [-0.25, -0.2) is 19.6 Å². The van der Waals surface area contributed by atoms with Crippen LogP contribution in [0.2, 0.25) is 5.02 Å². The number of benzene rings is 2. The van der Waals surface area contributed by atoms with Crippen LogP contribution in [0.15, 0.2) is 58.9 Å². The maximum absolute atomic E-state index is 13.1. The minimum Gasteiger partial charge on any atom is -0.466 e. The van der Waals surface area contributed by atoms with Crippen LogP contribution in [0.5, 0.6) is 0 Å². The average molecular weight is 972 g/mol. The Kier molecular flexibility index (Phi) is 19.3. The van der Waals surface area contributed by atoms with Gasteiger partial charge in [-0.1, -0.05) is 59.8 Å². The fourth-order valence-corrected chi connectivity index (χ4v) is 8.97. The van der Waals surface area contributed by atoms with E-state index in [4.69, 9.17) is 35.8 Å². The van der Waals surface area contributed by atoms with Crippen LogP contribution in [0.25, 0.3) is 21.7 Å². The number of alkyl carbamates (subject to hydrolysis) is 2. The number of halogens is 1. The van der Waals surface area contributed by atoms with E-state index in [-0.39, 0.29) is 26.0 Å². The molecular formula is C49H59ClN8O7S2. The van der Waals surface area contributed by atoms with Crippen LogP contribution in [-0.4, -0.2) is 84.1 Å². The van der Waals surface area contributed by atoms with Crippen LogP contribution < -0.4 is 20.9 Å². The first kappa shape index (κ1) is 52.1. The number of ether oxygens (including phenoxy) is 3. The van der Waals surface area contributed by atoms with Crippen LogP contribution in [0.3, 0.4) is 0 Å². The number of unbranched alkanes of at least 4 members (excludes halogenated alkanes) is 1. The van der Waals surface area contributed by atoms with Crippen molar-refractivity contribution in [2.75, 3.05) is 37.7 Å². The molecule has 1 aliphatic heterocycles. The van der Waals surface area contributed by atoms with Gasteiger partial charge in [-0.3, -0.25) is 9.59 Å². The summed E-state index contributed by atoms with van der Waals surface area (Å²) < 4.78 is 16.1. The highest BCUT2D eigenvalue weighted by atomic mass is 35.5. The molecule has 1 aliphatic rings. The highest BCUT2D eigenvalue weighted by Crippen LogP contribution is 2.40. The predicted octanol–water partition coefficient (Wildman–Crippen LogP) is 9.73. The van der Waals surface area contributed by atoms with Gasteiger partial charge >= 0.3 is 18.2 Å². The molecule has 3 heterocycles. The average Bonchev–Trinajstić information content (AvgIpc) is 3.99. The van der Waals surface area contributed by atoms with E-state index < -0.39 is 41.3 Å². The van der Waals surface area contributed by atoms with Gasteiger partial charge in [-0.2, -0.15) is 10.5 Å². The molecule has 1 atom stereocenters. The summed E-state index contributed by atoms with van der Waals surface area (Å²) in [6.45, 7) is 12.5. The third kappa shape index (κ3) is 16.7. The van der Waals surface area contributed by atoms with Crippen molar-refractivity contribution in [1.82, 2.24) is 25.9 Å². The van der Waals surface area contributed by atoms with Crippen molar-refractivity contribution in [3.63, 3.8) is 0 Å². The lowest BCUT2D eigenvalue weighted by molar-refractivity contribution is -0.143. The highest BCUT2D eigenvalue weighted by Gasteiger charge is 2.27. The summed E-state index contributed by atoms with van der Waals surface area (Å²) >= 11 is 9.05. The van der Waals surface area contributed by atoms with E-state index in [1.54, 1.807) is 41.5 Å². The number of nitriles is 2. The normalized spacial score (nSPS) is 12.9. The zero-order valence-electron chi connectivity index (χ0n) is 39.0. The number of hydrogen-bond donors (Lipinski definition) is 3. The van der Waals surface area contributed by atoms with E-state index in [1.807, 2.05) is 53.9 Å². The summed E-state index contributed by atoms with van der Waals surface area (Å²) in [5.41, 5.74) is 3.42. The Labute approximate surface area is 406 Å². The molecule has 2 aromatic heterocycles. The molecule has 2 aromatic carbocycles. The van der Waals surface area contributed by atoms with E-state index in [2.05, 4.69) is 33.0 Å². The molecular weight excluding hydrogens is 912 g/mol. The van der Waals surface area contributed by atoms with Crippen LogP contribution >= 0.6 is 34.7 Å². The van der Waals surface area contributed by atoms with Gasteiger partial charge < -0.3 is 35.1 Å². The molecule has 0 saturated carbocycles. The van der Waals surface area contributed by atoms with Crippen molar-refractivity contribution in [3.8, 4) is 33.8 Å². The molecule has 0 spiro atoms. The Morgan fingerprint density at radius 2 is 1.49 bits per heavy atom. The van der Waals surface area contributed by atoms with Gasteiger partial charge in [-0.15, -0.1) is 11.3 Å². The second-order valence-electron chi connectivity index (χ2n) is 17.9. The Hall–Kier alpha value is -5.88. The number of thiazole rings is 1. The molecule has 0 bridgehead atoms. The molecule has 5 rings (SSSR count). The van der Waals surface area contributed by atoms with Crippen molar-refractivity contribution in [1.29, 1.82) is 10.5 Å². The second-order valence-corrected chi connectivity index (χ2v) is 20.2. The van der Waals surface area contributed by atoms with E-state index in [0.717, 1.165) is 53.3 Å². The zero-order valence-corrected chi connectivity index (χ0v) is 41.4. The Balaban J connectivity index is 1.14. The number of carbonyl (C=O) groups excluding carboxylic acids is 4. The molecule has 4 aromatic rings. The Bertz CT molecular complexity index is 2410. The molecule has 3 amide bonds. The van der Waals surface area contributed by atoms with Gasteiger partial charge in [0.25, 0.3) is 0 Å². The lowest BCUT2D eigenvalue weighted by Crippen LogP contribution is -2.48. The van der Waals surface area contributed by atoms with Crippen molar-refractivity contribution >= 4 is 64.6 Å². The number of thioether (sulfide) groups is 1. The minimum absolute atomic E-state index is 0.00598. The fraction of sp³-hybridized carbons (Fsp3) is 0.469. The summed E-state index contributed by atoms with van der Waals surface area (Å²) in [5, 5.41) is 33.2. The summed E-state index contributed by atoms with van der Waals surface area (Å²) in [5.74, 6) is 0.119. The van der Waals surface area contributed by atoms with Crippen molar-refractivity contribution in [3.05, 3.63) is 81.3 Å². The first-order valence-electron chi connectivity index (χ1n) is 22.4. The van der Waals surface area contributed by atoms with Gasteiger partial charge in [0.05, 0.1) is 24.3 Å². The molecule has 1 fully saturated rings. The largest absolute Gasteiger partial charge is 0.466 e. The van der Waals surface area contributed by atoms with Gasteiger partial charge in [0.2, 0.25) is 5.91 Å². The number of amides is 3. The van der Waals surface area contributed by atoms with E-state index in [0.29, 0.717) is 70.5 Å². The molecule has 18 heteroatoms. The molecule has 67 heavy (non-hydrogen) atoms. The topological polar surface area (TPSA) is 209 Å². The molecule has 3 N–H and O–H groups in total. The molecule has 1 saturated heterocycles. The first-order valence-corrected chi connectivity index (χ1v) is 24.6. The van der Waals surface area contributed by atoms with Crippen molar-refractivity contribution in [2.24, 2.45) is 0 Å². The third-order valence-corrected chi connectivity index (χ3v) is 12.3. The van der Waals surface area contributed by atoms with Gasteiger partial charge in [0.1, 0.15) is 50.8 Å². The third-order valence-electron chi connectivity index (χ3n) is 10.1. The van der Waals surface area contributed by atoms with E-state index >= 15 is 0 Å². The number of nitrogens with one attached hydrogen (secondary N) is 3. The molecule has 0 unspecified atom stereocenters. The van der Waals surface area contributed by atoms with Gasteiger partial charge in [0.15, 0.2) is 0 Å². The maximum atomic E-state index is 13.1. The number of hydrogen-bond acceptors (Lipinski definition) is 14. The summed E-state index contributed by atoms with van der Waals surface area (Å²) in [6.07, 6.45) is 3.10. The van der Waals surface area contributed by atoms with E-state index in [1.165, 1.54) is 23.1 Å². The lowest BCUT2D eigenvalue weighted by Gasteiger charge is -2.23. The van der Waals surface area contributed by atoms with Crippen LogP contribution in [0.4, 0.5) is 15.4 Å². The summed E-state index contributed by atoms with van der Waals surface area (Å²) in [6, 6.07) is 19.1. The second kappa shape index (κ2) is 24.8.